The molecule has 4 nitrogen and oxygen atoms in total. The first-order valence-corrected chi connectivity index (χ1v) is 7.72. The molecule has 1 fully saturated rings. The Morgan fingerprint density at radius 1 is 1.50 bits per heavy atom. The monoisotopic (exact) mass is 341 g/mol. The van der Waals surface area contributed by atoms with Crippen LogP contribution in [-0.4, -0.2) is 31.8 Å². The lowest BCUT2D eigenvalue weighted by atomic mass is 9.99. The van der Waals surface area contributed by atoms with Crippen LogP contribution in [0.15, 0.2) is 28.7 Å². The summed E-state index contributed by atoms with van der Waals surface area (Å²) < 4.78 is 12.0. The van der Waals surface area contributed by atoms with E-state index in [2.05, 4.69) is 21.2 Å². The van der Waals surface area contributed by atoms with E-state index in [1.54, 1.807) is 0 Å². The topological polar surface area (TPSA) is 47.6 Å². The highest BCUT2D eigenvalue weighted by molar-refractivity contribution is 9.10. The summed E-state index contributed by atoms with van der Waals surface area (Å²) in [5, 5.41) is 2.96. The lowest BCUT2D eigenvalue weighted by molar-refractivity contribution is -0.128. The van der Waals surface area contributed by atoms with Crippen LogP contribution in [0.4, 0.5) is 0 Å². The SMILES string of the molecule is C[C@@H](CNC(=O)C1CCOCC1)Oc1cccc(Br)c1. The van der Waals surface area contributed by atoms with Crippen LogP contribution in [0.25, 0.3) is 0 Å². The molecule has 1 aliphatic heterocycles. The van der Waals surface area contributed by atoms with Crippen molar-refractivity contribution >= 4 is 21.8 Å². The molecule has 0 aliphatic carbocycles. The summed E-state index contributed by atoms with van der Waals surface area (Å²) in [6.07, 6.45) is 1.56. The van der Waals surface area contributed by atoms with E-state index in [1.165, 1.54) is 0 Å². The van der Waals surface area contributed by atoms with E-state index in [0.717, 1.165) is 23.1 Å². The molecule has 1 heterocycles. The van der Waals surface area contributed by atoms with Gasteiger partial charge in [-0.25, -0.2) is 0 Å². The first kappa shape index (κ1) is 15.3. The number of carbonyl (C=O) groups is 1. The lowest BCUT2D eigenvalue weighted by Gasteiger charge is -2.22. The van der Waals surface area contributed by atoms with Crippen molar-refractivity contribution in [3.63, 3.8) is 0 Å². The highest BCUT2D eigenvalue weighted by atomic mass is 79.9. The maximum absolute atomic E-state index is 12.0. The van der Waals surface area contributed by atoms with Crippen LogP contribution in [0.5, 0.6) is 5.75 Å². The number of nitrogens with one attached hydrogen (secondary N) is 1. The van der Waals surface area contributed by atoms with Gasteiger partial charge in [0.15, 0.2) is 0 Å². The number of rotatable bonds is 5. The maximum atomic E-state index is 12.0. The third-order valence-corrected chi connectivity index (χ3v) is 3.78. The molecule has 1 amide bonds. The highest BCUT2D eigenvalue weighted by Crippen LogP contribution is 2.19. The number of benzene rings is 1. The van der Waals surface area contributed by atoms with Gasteiger partial charge in [-0.15, -0.1) is 0 Å². The third kappa shape index (κ3) is 4.80. The summed E-state index contributed by atoms with van der Waals surface area (Å²) in [5.74, 6) is 0.993. The molecule has 0 aromatic heterocycles. The van der Waals surface area contributed by atoms with Crippen molar-refractivity contribution in [3.05, 3.63) is 28.7 Å². The highest BCUT2D eigenvalue weighted by Gasteiger charge is 2.21. The van der Waals surface area contributed by atoms with Gasteiger partial charge in [-0.05, 0) is 38.0 Å². The molecular formula is C15H20BrNO3. The van der Waals surface area contributed by atoms with E-state index < -0.39 is 0 Å². The minimum atomic E-state index is -0.0620. The molecule has 1 aliphatic rings. The van der Waals surface area contributed by atoms with E-state index in [1.807, 2.05) is 31.2 Å². The predicted molar refractivity (Wildman–Crippen MR) is 80.8 cm³/mol. The van der Waals surface area contributed by atoms with Crippen LogP contribution in [0.1, 0.15) is 19.8 Å². The summed E-state index contributed by atoms with van der Waals surface area (Å²) in [4.78, 5) is 12.0. The molecule has 0 bridgehead atoms. The van der Waals surface area contributed by atoms with E-state index >= 15 is 0 Å². The van der Waals surface area contributed by atoms with Crippen molar-refractivity contribution in [1.29, 1.82) is 0 Å². The van der Waals surface area contributed by atoms with Gasteiger partial charge in [-0.1, -0.05) is 22.0 Å². The van der Waals surface area contributed by atoms with Gasteiger partial charge in [0.05, 0.1) is 6.54 Å². The van der Waals surface area contributed by atoms with Gasteiger partial charge in [0, 0.05) is 23.6 Å². The quantitative estimate of drug-likeness (QED) is 0.895. The van der Waals surface area contributed by atoms with Gasteiger partial charge < -0.3 is 14.8 Å². The smallest absolute Gasteiger partial charge is 0.223 e. The molecule has 5 heteroatoms. The van der Waals surface area contributed by atoms with Crippen LogP contribution >= 0.6 is 15.9 Å². The molecule has 110 valence electrons. The first-order valence-electron chi connectivity index (χ1n) is 6.93. The van der Waals surface area contributed by atoms with Crippen molar-refractivity contribution in [1.82, 2.24) is 5.32 Å². The van der Waals surface area contributed by atoms with Crippen LogP contribution in [-0.2, 0) is 9.53 Å². The predicted octanol–water partition coefficient (Wildman–Crippen LogP) is 2.76. The summed E-state index contributed by atoms with van der Waals surface area (Å²) in [5.41, 5.74) is 0. The second kappa shape index (κ2) is 7.64. The second-order valence-corrected chi connectivity index (χ2v) is 5.93. The Balaban J connectivity index is 1.74. The van der Waals surface area contributed by atoms with Crippen molar-refractivity contribution < 1.29 is 14.3 Å². The van der Waals surface area contributed by atoms with Gasteiger partial charge in [0.1, 0.15) is 11.9 Å². The summed E-state index contributed by atoms with van der Waals surface area (Å²) in [6.45, 7) is 3.83. The van der Waals surface area contributed by atoms with Crippen LogP contribution in [0.2, 0.25) is 0 Å². The van der Waals surface area contributed by atoms with Gasteiger partial charge in [-0.3, -0.25) is 4.79 Å². The normalized spacial score (nSPS) is 17.5. The Morgan fingerprint density at radius 3 is 2.95 bits per heavy atom. The summed E-state index contributed by atoms with van der Waals surface area (Å²) in [6, 6.07) is 7.69. The third-order valence-electron chi connectivity index (χ3n) is 3.29. The zero-order valence-electron chi connectivity index (χ0n) is 11.6. The largest absolute Gasteiger partial charge is 0.489 e. The summed E-state index contributed by atoms with van der Waals surface area (Å²) in [7, 11) is 0. The molecule has 1 N–H and O–H groups in total. The molecule has 1 atom stereocenters. The van der Waals surface area contributed by atoms with Crippen molar-refractivity contribution in [3.8, 4) is 5.75 Å². The number of amides is 1. The Hall–Kier alpha value is -1.07. The number of ether oxygens (including phenoxy) is 2. The fourth-order valence-corrected chi connectivity index (χ4v) is 2.54. The second-order valence-electron chi connectivity index (χ2n) is 5.02. The molecule has 0 radical (unpaired) electrons. The van der Waals surface area contributed by atoms with Crippen molar-refractivity contribution in [2.24, 2.45) is 5.92 Å². The number of hydrogen-bond acceptors (Lipinski definition) is 3. The summed E-state index contributed by atoms with van der Waals surface area (Å²) >= 11 is 3.40. The Labute approximate surface area is 128 Å². The maximum Gasteiger partial charge on any atom is 0.223 e. The fourth-order valence-electron chi connectivity index (χ4n) is 2.16. The van der Waals surface area contributed by atoms with Crippen LogP contribution < -0.4 is 10.1 Å². The Kier molecular flexibility index (Phi) is 5.86. The van der Waals surface area contributed by atoms with E-state index in [0.29, 0.717) is 19.8 Å². The number of halogens is 1. The van der Waals surface area contributed by atoms with Crippen LogP contribution in [0.3, 0.4) is 0 Å². The minimum Gasteiger partial charge on any atom is -0.489 e. The Bertz CT molecular complexity index is 446. The standard InChI is InChI=1S/C15H20BrNO3/c1-11(20-14-4-2-3-13(16)9-14)10-17-15(18)12-5-7-19-8-6-12/h2-4,9,11-12H,5-8,10H2,1H3,(H,17,18)/t11-/m0/s1. The van der Waals surface area contributed by atoms with Gasteiger partial charge >= 0.3 is 0 Å². The van der Waals surface area contributed by atoms with Crippen LogP contribution in [0, 0.1) is 5.92 Å². The van der Waals surface area contributed by atoms with E-state index in [-0.39, 0.29) is 17.9 Å². The van der Waals surface area contributed by atoms with Crippen molar-refractivity contribution in [2.75, 3.05) is 19.8 Å². The molecule has 0 spiro atoms. The van der Waals surface area contributed by atoms with E-state index in [4.69, 9.17) is 9.47 Å². The Morgan fingerprint density at radius 2 is 2.25 bits per heavy atom. The molecule has 1 aromatic carbocycles. The average molecular weight is 342 g/mol. The van der Waals surface area contributed by atoms with Gasteiger partial charge in [0.25, 0.3) is 0 Å². The molecule has 0 saturated carbocycles. The zero-order valence-corrected chi connectivity index (χ0v) is 13.2. The first-order chi connectivity index (χ1) is 9.65. The van der Waals surface area contributed by atoms with Gasteiger partial charge in [-0.2, -0.15) is 0 Å². The number of hydrogen-bond donors (Lipinski definition) is 1. The average Bonchev–Trinajstić information content (AvgIpc) is 2.46. The molecule has 1 saturated heterocycles. The molecule has 2 rings (SSSR count). The molecule has 1 aromatic rings. The van der Waals surface area contributed by atoms with E-state index in [9.17, 15) is 4.79 Å². The zero-order chi connectivity index (χ0) is 14.4. The molecule has 20 heavy (non-hydrogen) atoms. The fraction of sp³-hybridized carbons (Fsp3) is 0.533. The molecule has 0 unspecified atom stereocenters. The minimum absolute atomic E-state index is 0.0620. The molecular weight excluding hydrogens is 322 g/mol. The van der Waals surface area contributed by atoms with Crippen molar-refractivity contribution in [2.45, 2.75) is 25.9 Å². The lowest BCUT2D eigenvalue weighted by Crippen LogP contribution is -2.39. The number of carbonyl (C=O) groups excluding carboxylic acids is 1. The van der Waals surface area contributed by atoms with Gasteiger partial charge in [0.2, 0.25) is 5.91 Å².